The van der Waals surface area contributed by atoms with Gasteiger partial charge in [-0.3, -0.25) is 4.79 Å². The van der Waals surface area contributed by atoms with Gasteiger partial charge in [0.2, 0.25) is 5.91 Å². The zero-order valence-corrected chi connectivity index (χ0v) is 21.9. The minimum Gasteiger partial charge on any atom is -0.444 e. The van der Waals surface area contributed by atoms with Crippen molar-refractivity contribution in [3.63, 3.8) is 0 Å². The number of halogens is 1. The second kappa shape index (κ2) is 10.5. The minimum absolute atomic E-state index is 0.0793. The van der Waals surface area contributed by atoms with Crippen LogP contribution in [0.5, 0.6) is 0 Å². The number of benzene rings is 2. The van der Waals surface area contributed by atoms with E-state index in [0.29, 0.717) is 26.2 Å². The summed E-state index contributed by atoms with van der Waals surface area (Å²) >= 11 is 6.24. The van der Waals surface area contributed by atoms with Gasteiger partial charge in [-0.1, -0.05) is 48.0 Å². The molecule has 6 nitrogen and oxygen atoms in total. The van der Waals surface area contributed by atoms with Crippen LogP contribution < -0.4 is 4.90 Å². The van der Waals surface area contributed by atoms with Gasteiger partial charge < -0.3 is 19.4 Å². The molecule has 0 spiro atoms. The molecule has 2 unspecified atom stereocenters. The number of piperidine rings is 1. The monoisotopic (exact) mass is 497 g/mol. The van der Waals surface area contributed by atoms with Gasteiger partial charge in [0.1, 0.15) is 5.60 Å². The number of rotatable bonds is 3. The summed E-state index contributed by atoms with van der Waals surface area (Å²) in [6.45, 7) is 11.4. The van der Waals surface area contributed by atoms with E-state index in [1.165, 1.54) is 5.56 Å². The van der Waals surface area contributed by atoms with Gasteiger partial charge in [-0.2, -0.15) is 0 Å². The molecule has 0 aromatic heterocycles. The third kappa shape index (κ3) is 6.10. The van der Waals surface area contributed by atoms with E-state index in [9.17, 15) is 9.59 Å². The SMILES string of the molecule is Cc1ccc(Cl)cc1N1CCN(C(=O)C2CN(C(=O)OC(C)(C)C)CCC2c2ccccc2)CC1. The van der Waals surface area contributed by atoms with Crippen LogP contribution in [-0.4, -0.2) is 66.7 Å². The number of carbonyl (C=O) groups excluding carboxylic acids is 2. The highest BCUT2D eigenvalue weighted by atomic mass is 35.5. The molecule has 2 aliphatic heterocycles. The third-order valence-corrected chi connectivity index (χ3v) is 7.15. The van der Waals surface area contributed by atoms with Crippen molar-refractivity contribution in [3.05, 3.63) is 64.7 Å². The molecule has 0 N–H and O–H groups in total. The van der Waals surface area contributed by atoms with Crippen molar-refractivity contribution in [2.24, 2.45) is 5.92 Å². The molecule has 0 radical (unpaired) electrons. The van der Waals surface area contributed by atoms with Crippen molar-refractivity contribution < 1.29 is 14.3 Å². The number of carbonyl (C=O) groups is 2. The Balaban J connectivity index is 1.49. The largest absolute Gasteiger partial charge is 0.444 e. The summed E-state index contributed by atoms with van der Waals surface area (Å²) in [6.07, 6.45) is 0.393. The maximum absolute atomic E-state index is 13.9. The third-order valence-electron chi connectivity index (χ3n) is 6.91. The first-order valence-corrected chi connectivity index (χ1v) is 12.8. The van der Waals surface area contributed by atoms with Crippen molar-refractivity contribution >= 4 is 29.3 Å². The van der Waals surface area contributed by atoms with Crippen molar-refractivity contribution in [1.82, 2.24) is 9.80 Å². The van der Waals surface area contributed by atoms with E-state index < -0.39 is 5.60 Å². The average Bonchev–Trinajstić information content (AvgIpc) is 2.84. The van der Waals surface area contributed by atoms with Gasteiger partial charge in [0.05, 0.1) is 5.92 Å². The molecule has 2 aromatic carbocycles. The van der Waals surface area contributed by atoms with Crippen LogP contribution in [0.25, 0.3) is 0 Å². The van der Waals surface area contributed by atoms with Crippen LogP contribution in [-0.2, 0) is 9.53 Å². The highest BCUT2D eigenvalue weighted by Crippen LogP contribution is 2.35. The van der Waals surface area contributed by atoms with Gasteiger partial charge in [0.15, 0.2) is 0 Å². The van der Waals surface area contributed by atoms with Gasteiger partial charge in [-0.25, -0.2) is 4.79 Å². The maximum atomic E-state index is 13.9. The van der Waals surface area contributed by atoms with Crippen LogP contribution in [0.2, 0.25) is 5.02 Å². The van der Waals surface area contributed by atoms with Gasteiger partial charge in [-0.15, -0.1) is 0 Å². The zero-order valence-electron chi connectivity index (χ0n) is 21.2. The molecule has 0 bridgehead atoms. The number of amides is 2. The molecule has 2 saturated heterocycles. The van der Waals surface area contributed by atoms with E-state index in [1.807, 2.05) is 62.1 Å². The van der Waals surface area contributed by atoms with Crippen molar-refractivity contribution in [1.29, 1.82) is 0 Å². The predicted octanol–water partition coefficient (Wildman–Crippen LogP) is 5.34. The van der Waals surface area contributed by atoms with Crippen LogP contribution in [0.4, 0.5) is 10.5 Å². The number of likely N-dealkylation sites (tertiary alicyclic amines) is 1. The lowest BCUT2D eigenvalue weighted by Gasteiger charge is -2.43. The van der Waals surface area contributed by atoms with Crippen LogP contribution >= 0.6 is 11.6 Å². The Hall–Kier alpha value is -2.73. The summed E-state index contributed by atoms with van der Waals surface area (Å²) in [5.41, 5.74) is 2.89. The standard InChI is InChI=1S/C28H36ClN3O3/c1-20-10-11-22(29)18-25(20)30-14-16-31(17-15-30)26(33)24-19-32(27(34)35-28(2,3)4)13-12-23(24)21-8-6-5-7-9-21/h5-11,18,23-24H,12-17,19H2,1-4H3. The summed E-state index contributed by atoms with van der Waals surface area (Å²) < 4.78 is 5.62. The van der Waals surface area contributed by atoms with Crippen LogP contribution in [0.1, 0.15) is 44.2 Å². The van der Waals surface area contributed by atoms with E-state index in [4.69, 9.17) is 16.3 Å². The van der Waals surface area contributed by atoms with E-state index >= 15 is 0 Å². The topological polar surface area (TPSA) is 53.1 Å². The molecule has 2 atom stereocenters. The number of nitrogens with zero attached hydrogens (tertiary/aromatic N) is 3. The molecule has 2 aromatic rings. The highest BCUT2D eigenvalue weighted by molar-refractivity contribution is 6.30. The molecule has 35 heavy (non-hydrogen) atoms. The molecule has 2 aliphatic rings. The van der Waals surface area contributed by atoms with E-state index in [1.54, 1.807) is 4.90 Å². The highest BCUT2D eigenvalue weighted by Gasteiger charge is 2.40. The normalized spacial score (nSPS) is 21.1. The first kappa shape index (κ1) is 25.4. The lowest BCUT2D eigenvalue weighted by molar-refractivity contribution is -0.138. The van der Waals surface area contributed by atoms with Gasteiger partial charge in [-0.05, 0) is 63.3 Å². The Kier molecular flexibility index (Phi) is 7.60. The average molecular weight is 498 g/mol. The molecule has 7 heteroatoms. The summed E-state index contributed by atoms with van der Waals surface area (Å²) in [5, 5.41) is 0.722. The molecule has 188 valence electrons. The number of anilines is 1. The number of hydrogen-bond donors (Lipinski definition) is 0. The number of ether oxygens (including phenoxy) is 1. The minimum atomic E-state index is -0.568. The quantitative estimate of drug-likeness (QED) is 0.574. The predicted molar refractivity (Wildman–Crippen MR) is 140 cm³/mol. The molecule has 0 saturated carbocycles. The van der Waals surface area contributed by atoms with E-state index in [-0.39, 0.29) is 23.8 Å². The van der Waals surface area contributed by atoms with E-state index in [0.717, 1.165) is 35.8 Å². The zero-order chi connectivity index (χ0) is 25.2. The molecule has 2 fully saturated rings. The second-order valence-corrected chi connectivity index (χ2v) is 11.0. The Morgan fingerprint density at radius 3 is 2.29 bits per heavy atom. The lowest BCUT2D eigenvalue weighted by Crippen LogP contribution is -2.55. The Labute approximate surface area is 213 Å². The first-order chi connectivity index (χ1) is 16.6. The lowest BCUT2D eigenvalue weighted by atomic mass is 9.79. The molecular weight excluding hydrogens is 462 g/mol. The van der Waals surface area contributed by atoms with Crippen molar-refractivity contribution in [2.45, 2.75) is 45.6 Å². The summed E-state index contributed by atoms with van der Waals surface area (Å²) in [7, 11) is 0. The maximum Gasteiger partial charge on any atom is 0.410 e. The number of piperazine rings is 1. The number of hydrogen-bond acceptors (Lipinski definition) is 4. The molecule has 2 amide bonds. The fourth-order valence-corrected chi connectivity index (χ4v) is 5.29. The second-order valence-electron chi connectivity index (χ2n) is 10.6. The van der Waals surface area contributed by atoms with Gasteiger partial charge in [0, 0.05) is 50.0 Å². The molecular formula is C28H36ClN3O3. The Morgan fingerprint density at radius 2 is 1.63 bits per heavy atom. The molecule has 0 aliphatic carbocycles. The Bertz CT molecular complexity index is 1050. The summed E-state index contributed by atoms with van der Waals surface area (Å²) in [6, 6.07) is 16.2. The fourth-order valence-electron chi connectivity index (χ4n) is 5.12. The molecule has 4 rings (SSSR count). The summed E-state index contributed by atoms with van der Waals surface area (Å²) in [4.78, 5) is 32.7. The van der Waals surface area contributed by atoms with E-state index in [2.05, 4.69) is 24.0 Å². The smallest absolute Gasteiger partial charge is 0.410 e. The van der Waals surface area contributed by atoms with Crippen LogP contribution in [0.15, 0.2) is 48.5 Å². The first-order valence-electron chi connectivity index (χ1n) is 12.4. The van der Waals surface area contributed by atoms with Crippen LogP contribution in [0.3, 0.4) is 0 Å². The van der Waals surface area contributed by atoms with Crippen molar-refractivity contribution in [2.75, 3.05) is 44.2 Å². The number of aryl methyl sites for hydroxylation is 1. The Morgan fingerprint density at radius 1 is 0.943 bits per heavy atom. The molecule has 2 heterocycles. The van der Waals surface area contributed by atoms with Crippen molar-refractivity contribution in [3.8, 4) is 0 Å². The summed E-state index contributed by atoms with van der Waals surface area (Å²) in [5.74, 6) is -0.0942. The van der Waals surface area contributed by atoms with Gasteiger partial charge in [0.25, 0.3) is 0 Å². The van der Waals surface area contributed by atoms with Crippen LogP contribution in [0, 0.1) is 12.8 Å². The fraction of sp³-hybridized carbons (Fsp3) is 0.500. The van der Waals surface area contributed by atoms with Gasteiger partial charge >= 0.3 is 6.09 Å².